The van der Waals surface area contributed by atoms with E-state index in [1.54, 1.807) is 6.92 Å². The van der Waals surface area contributed by atoms with Crippen molar-refractivity contribution in [3.63, 3.8) is 0 Å². The van der Waals surface area contributed by atoms with Crippen molar-refractivity contribution in [1.82, 2.24) is 5.32 Å². The van der Waals surface area contributed by atoms with Gasteiger partial charge < -0.3 is 10.1 Å². The maximum atomic E-state index is 12.7. The second-order valence-corrected chi connectivity index (χ2v) is 7.36. The van der Waals surface area contributed by atoms with Crippen LogP contribution in [0.4, 0.5) is 4.79 Å². The first-order valence-electron chi connectivity index (χ1n) is 8.28. The van der Waals surface area contributed by atoms with Crippen LogP contribution in [-0.4, -0.2) is 23.8 Å². The van der Waals surface area contributed by atoms with Crippen molar-refractivity contribution in [2.75, 3.05) is 0 Å². The molecule has 1 saturated carbocycles. The van der Waals surface area contributed by atoms with E-state index in [1.165, 1.54) is 0 Å². The molecular weight excluding hydrogens is 372 g/mol. The van der Waals surface area contributed by atoms with Gasteiger partial charge in [-0.25, -0.2) is 9.79 Å². The lowest BCUT2D eigenvalue weighted by Crippen LogP contribution is -2.44. The lowest BCUT2D eigenvalue weighted by atomic mass is 9.88. The summed E-state index contributed by atoms with van der Waals surface area (Å²) in [5.74, 6) is -0.886. The van der Waals surface area contributed by atoms with Gasteiger partial charge in [-0.05, 0) is 56.7 Å². The molecule has 0 bridgehead atoms. The molecule has 0 saturated heterocycles. The Kier molecular flexibility index (Phi) is 5.04. The first-order valence-corrected chi connectivity index (χ1v) is 9.07. The molecule has 2 atom stereocenters. The number of benzene rings is 1. The van der Waals surface area contributed by atoms with Crippen LogP contribution in [0.3, 0.4) is 0 Å². The van der Waals surface area contributed by atoms with Crippen molar-refractivity contribution in [2.24, 2.45) is 10.9 Å². The number of hydrogen-bond donors (Lipinski definition) is 1. The number of hydrogen-bond acceptors (Lipinski definition) is 3. The highest BCUT2D eigenvalue weighted by Crippen LogP contribution is 2.32. The van der Waals surface area contributed by atoms with Crippen molar-refractivity contribution in [3.8, 4) is 0 Å². The van der Waals surface area contributed by atoms with Gasteiger partial charge in [0.1, 0.15) is 12.0 Å². The summed E-state index contributed by atoms with van der Waals surface area (Å²) in [6, 6.07) is 4.96. The van der Waals surface area contributed by atoms with E-state index in [9.17, 15) is 9.59 Å². The first kappa shape index (κ1) is 17.1. The largest absolute Gasteiger partial charge is 0.462 e. The minimum atomic E-state index is -0.585. The SMILES string of the molecule is CC1=NC(=O)NC(c2ccc(C)c(Br)c2)C1C(=O)OC1CCCC1. The average molecular weight is 393 g/mol. The molecule has 5 nitrogen and oxygen atoms in total. The summed E-state index contributed by atoms with van der Waals surface area (Å²) >= 11 is 3.51. The molecule has 1 aromatic rings. The van der Waals surface area contributed by atoms with Crippen molar-refractivity contribution in [2.45, 2.75) is 51.7 Å². The molecule has 3 rings (SSSR count). The zero-order valence-electron chi connectivity index (χ0n) is 13.8. The quantitative estimate of drug-likeness (QED) is 0.787. The Labute approximate surface area is 150 Å². The van der Waals surface area contributed by atoms with Crippen LogP contribution in [0.1, 0.15) is 49.8 Å². The Hall–Kier alpha value is -1.69. The molecule has 1 aromatic carbocycles. The Morgan fingerprint density at radius 2 is 2.00 bits per heavy atom. The normalized spacial score (nSPS) is 24.5. The predicted molar refractivity (Wildman–Crippen MR) is 95.1 cm³/mol. The molecule has 128 valence electrons. The minimum Gasteiger partial charge on any atom is -0.462 e. The van der Waals surface area contributed by atoms with Crippen LogP contribution in [0.2, 0.25) is 0 Å². The van der Waals surface area contributed by atoms with Gasteiger partial charge in [0.05, 0.1) is 6.04 Å². The van der Waals surface area contributed by atoms with Gasteiger partial charge in [0.2, 0.25) is 0 Å². The van der Waals surface area contributed by atoms with Crippen LogP contribution in [0.5, 0.6) is 0 Å². The fraction of sp³-hybridized carbons (Fsp3) is 0.500. The zero-order chi connectivity index (χ0) is 17.3. The van der Waals surface area contributed by atoms with Crippen molar-refractivity contribution < 1.29 is 14.3 Å². The van der Waals surface area contributed by atoms with Crippen LogP contribution in [0, 0.1) is 12.8 Å². The van der Waals surface area contributed by atoms with Crippen LogP contribution in [-0.2, 0) is 9.53 Å². The number of aliphatic imine (C=N–C) groups is 1. The summed E-state index contributed by atoms with van der Waals surface area (Å²) in [5, 5.41) is 2.82. The maximum Gasteiger partial charge on any atom is 0.341 e. The molecule has 2 amide bonds. The highest BCUT2D eigenvalue weighted by molar-refractivity contribution is 9.10. The molecule has 6 heteroatoms. The summed E-state index contributed by atoms with van der Waals surface area (Å²) in [4.78, 5) is 28.5. The van der Waals surface area contributed by atoms with Crippen molar-refractivity contribution in [1.29, 1.82) is 0 Å². The number of ether oxygens (including phenoxy) is 1. The second-order valence-electron chi connectivity index (χ2n) is 6.51. The van der Waals surface area contributed by atoms with Gasteiger partial charge in [0.15, 0.2) is 0 Å². The predicted octanol–water partition coefficient (Wildman–Crippen LogP) is 4.08. The Morgan fingerprint density at radius 3 is 2.67 bits per heavy atom. The third-order valence-electron chi connectivity index (χ3n) is 4.73. The molecule has 1 N–H and O–H groups in total. The number of carbonyl (C=O) groups is 2. The number of nitrogens with one attached hydrogen (secondary N) is 1. The fourth-order valence-corrected chi connectivity index (χ4v) is 3.74. The smallest absolute Gasteiger partial charge is 0.341 e. The van der Waals surface area contributed by atoms with Crippen molar-refractivity contribution >= 4 is 33.6 Å². The van der Waals surface area contributed by atoms with E-state index in [1.807, 2.05) is 25.1 Å². The van der Waals surface area contributed by atoms with Gasteiger partial charge in [0, 0.05) is 10.2 Å². The van der Waals surface area contributed by atoms with Gasteiger partial charge >= 0.3 is 12.0 Å². The van der Waals surface area contributed by atoms with Gasteiger partial charge in [-0.3, -0.25) is 4.79 Å². The molecule has 0 radical (unpaired) electrons. The molecular formula is C18H21BrN2O3. The molecule has 0 spiro atoms. The van der Waals surface area contributed by atoms with Gasteiger partial charge in [-0.2, -0.15) is 0 Å². The molecule has 2 aliphatic rings. The standard InChI is InChI=1S/C18H21BrN2O3/c1-10-7-8-12(9-14(10)19)16-15(11(2)20-18(23)21-16)17(22)24-13-5-3-4-6-13/h7-9,13,15-16H,3-6H2,1-2H3,(H,21,23). The molecule has 1 aliphatic carbocycles. The fourth-order valence-electron chi connectivity index (χ4n) is 3.35. The summed E-state index contributed by atoms with van der Waals surface area (Å²) in [6.45, 7) is 3.71. The summed E-state index contributed by atoms with van der Waals surface area (Å²) in [6.07, 6.45) is 4.03. The summed E-state index contributed by atoms with van der Waals surface area (Å²) in [5.41, 5.74) is 2.46. The Balaban J connectivity index is 1.89. The molecule has 1 fully saturated rings. The maximum absolute atomic E-state index is 12.7. The third kappa shape index (κ3) is 3.53. The highest BCUT2D eigenvalue weighted by Gasteiger charge is 2.39. The number of nitrogens with zero attached hydrogens (tertiary/aromatic N) is 1. The van der Waals surface area contributed by atoms with Crippen LogP contribution in [0.25, 0.3) is 0 Å². The number of rotatable bonds is 3. The molecule has 0 aromatic heterocycles. The van der Waals surface area contributed by atoms with E-state index < -0.39 is 18.0 Å². The molecule has 1 heterocycles. The number of halogens is 1. The van der Waals surface area contributed by atoms with Gasteiger partial charge in [-0.1, -0.05) is 28.1 Å². The number of aryl methyl sites for hydroxylation is 1. The second kappa shape index (κ2) is 7.05. The van der Waals surface area contributed by atoms with E-state index in [0.717, 1.165) is 41.3 Å². The van der Waals surface area contributed by atoms with Crippen LogP contribution >= 0.6 is 15.9 Å². The minimum absolute atomic E-state index is 0.00617. The van der Waals surface area contributed by atoms with E-state index in [-0.39, 0.29) is 12.1 Å². The topological polar surface area (TPSA) is 67.8 Å². The lowest BCUT2D eigenvalue weighted by molar-refractivity contribution is -0.152. The van der Waals surface area contributed by atoms with Gasteiger partial charge in [0.25, 0.3) is 0 Å². The van der Waals surface area contributed by atoms with Gasteiger partial charge in [-0.15, -0.1) is 0 Å². The first-order chi connectivity index (χ1) is 11.5. The molecule has 1 aliphatic heterocycles. The summed E-state index contributed by atoms with van der Waals surface area (Å²) < 4.78 is 6.62. The monoisotopic (exact) mass is 392 g/mol. The van der Waals surface area contributed by atoms with Crippen molar-refractivity contribution in [3.05, 3.63) is 33.8 Å². The van der Waals surface area contributed by atoms with E-state index in [4.69, 9.17) is 4.74 Å². The average Bonchev–Trinajstić information content (AvgIpc) is 3.02. The Bertz CT molecular complexity index is 696. The van der Waals surface area contributed by atoms with Crippen LogP contribution in [0.15, 0.2) is 27.7 Å². The zero-order valence-corrected chi connectivity index (χ0v) is 15.4. The van der Waals surface area contributed by atoms with E-state index in [2.05, 4.69) is 26.2 Å². The van der Waals surface area contributed by atoms with E-state index >= 15 is 0 Å². The van der Waals surface area contributed by atoms with E-state index in [0.29, 0.717) is 5.71 Å². The third-order valence-corrected chi connectivity index (χ3v) is 5.59. The molecule has 24 heavy (non-hydrogen) atoms. The molecule has 2 unspecified atom stereocenters. The lowest BCUT2D eigenvalue weighted by Gasteiger charge is -2.30. The number of amides is 2. The summed E-state index contributed by atoms with van der Waals surface area (Å²) in [7, 11) is 0. The number of esters is 1. The highest BCUT2D eigenvalue weighted by atomic mass is 79.9. The Morgan fingerprint density at radius 1 is 1.29 bits per heavy atom. The number of urea groups is 1. The van der Waals surface area contributed by atoms with Crippen LogP contribution < -0.4 is 5.32 Å². The number of carbonyl (C=O) groups excluding carboxylic acids is 2.